The third kappa shape index (κ3) is 4.77. The fraction of sp³-hybridized carbons (Fsp3) is 0.875. The first-order valence-electron chi connectivity index (χ1n) is 9.46. The molecule has 0 saturated carbocycles. The van der Waals surface area contributed by atoms with Crippen molar-refractivity contribution < 1.29 is 13.2 Å². The summed E-state index contributed by atoms with van der Waals surface area (Å²) >= 11 is 5.32. The molecule has 154 valence electrons. The summed E-state index contributed by atoms with van der Waals surface area (Å²) in [6.07, 6.45) is -0.163. The second-order valence-electron chi connectivity index (χ2n) is 7.71. The van der Waals surface area contributed by atoms with Crippen molar-refractivity contribution in [3.05, 3.63) is 10.6 Å². The Labute approximate surface area is 166 Å². The maximum atomic E-state index is 13.0. The normalized spacial score (nSPS) is 26.7. The van der Waals surface area contributed by atoms with E-state index in [2.05, 4.69) is 28.8 Å². The standard InChI is InChI=1S/C16H30N6O3S2/c1-12(2)15-17-16(26)22(18-15)11-19-5-7-20(8-6-19)27(23,24)21-9-13(3)25-14(4)10-21/h12-14H,5-11H2,1-4H3,(H,17,18,26)/t13-,14-/m0/s1. The minimum Gasteiger partial charge on any atom is -0.373 e. The molecule has 2 fully saturated rings. The maximum absolute atomic E-state index is 13.0. The topological polar surface area (TPSA) is 86.7 Å². The summed E-state index contributed by atoms with van der Waals surface area (Å²) in [6, 6.07) is 0. The molecule has 0 aliphatic carbocycles. The van der Waals surface area contributed by atoms with Gasteiger partial charge in [0.2, 0.25) is 4.77 Å². The Morgan fingerprint density at radius 1 is 1.15 bits per heavy atom. The van der Waals surface area contributed by atoms with Crippen LogP contribution in [-0.4, -0.2) is 88.2 Å². The number of ether oxygens (including phenoxy) is 1. The Morgan fingerprint density at radius 3 is 2.26 bits per heavy atom. The lowest BCUT2D eigenvalue weighted by Crippen LogP contribution is -2.57. The summed E-state index contributed by atoms with van der Waals surface area (Å²) in [7, 11) is -3.45. The number of rotatable bonds is 5. The van der Waals surface area contributed by atoms with Gasteiger partial charge in [0.25, 0.3) is 10.2 Å². The highest BCUT2D eigenvalue weighted by Crippen LogP contribution is 2.19. The number of aromatic amines is 1. The number of hydrogen-bond donors (Lipinski definition) is 1. The average Bonchev–Trinajstić information content (AvgIpc) is 2.95. The number of aromatic nitrogens is 3. The first-order chi connectivity index (χ1) is 12.7. The van der Waals surface area contributed by atoms with Gasteiger partial charge < -0.3 is 4.74 Å². The van der Waals surface area contributed by atoms with Gasteiger partial charge in [-0.3, -0.25) is 10.00 Å². The Hall–Kier alpha value is -0.850. The van der Waals surface area contributed by atoms with Crippen molar-refractivity contribution in [3.63, 3.8) is 0 Å². The van der Waals surface area contributed by atoms with Gasteiger partial charge in [-0.15, -0.1) is 0 Å². The zero-order valence-electron chi connectivity index (χ0n) is 16.5. The molecule has 0 unspecified atom stereocenters. The van der Waals surface area contributed by atoms with Crippen molar-refractivity contribution in [3.8, 4) is 0 Å². The van der Waals surface area contributed by atoms with Gasteiger partial charge in [-0.1, -0.05) is 13.8 Å². The Balaban J connectivity index is 1.59. The van der Waals surface area contributed by atoms with E-state index in [1.807, 2.05) is 18.5 Å². The van der Waals surface area contributed by atoms with Crippen LogP contribution >= 0.6 is 12.2 Å². The molecule has 1 N–H and O–H groups in total. The number of H-pyrrole nitrogens is 1. The van der Waals surface area contributed by atoms with Crippen LogP contribution in [0.5, 0.6) is 0 Å². The third-order valence-corrected chi connectivity index (χ3v) is 7.23. The van der Waals surface area contributed by atoms with Gasteiger partial charge >= 0.3 is 0 Å². The third-order valence-electron chi connectivity index (χ3n) is 4.95. The Bertz CT molecular complexity index is 787. The molecule has 3 rings (SSSR count). The van der Waals surface area contributed by atoms with Crippen LogP contribution < -0.4 is 0 Å². The van der Waals surface area contributed by atoms with Crippen molar-refractivity contribution in [1.29, 1.82) is 0 Å². The van der Waals surface area contributed by atoms with Gasteiger partial charge in [0.05, 0.1) is 18.9 Å². The van der Waals surface area contributed by atoms with Crippen LogP contribution in [0.25, 0.3) is 0 Å². The molecule has 2 saturated heterocycles. The zero-order valence-corrected chi connectivity index (χ0v) is 18.1. The summed E-state index contributed by atoms with van der Waals surface area (Å²) in [5.74, 6) is 1.16. The molecule has 1 aromatic rings. The lowest BCUT2D eigenvalue weighted by molar-refractivity contribution is -0.0458. The molecule has 0 spiro atoms. The Morgan fingerprint density at radius 2 is 1.74 bits per heavy atom. The van der Waals surface area contributed by atoms with E-state index in [-0.39, 0.29) is 18.1 Å². The second-order valence-corrected chi connectivity index (χ2v) is 10.0. The number of hydrogen-bond acceptors (Lipinski definition) is 6. The number of morpholine rings is 1. The quantitative estimate of drug-likeness (QED) is 0.718. The molecule has 0 aromatic carbocycles. The molecule has 9 nitrogen and oxygen atoms in total. The van der Waals surface area contributed by atoms with Gasteiger partial charge in [0.1, 0.15) is 5.82 Å². The largest absolute Gasteiger partial charge is 0.373 e. The molecule has 0 radical (unpaired) electrons. The zero-order chi connectivity index (χ0) is 19.8. The summed E-state index contributed by atoms with van der Waals surface area (Å²) in [5.41, 5.74) is 0. The molecule has 2 aliphatic heterocycles. The number of nitrogens with one attached hydrogen (secondary N) is 1. The fourth-order valence-electron chi connectivity index (χ4n) is 3.51. The molecule has 11 heteroatoms. The van der Waals surface area contributed by atoms with E-state index in [1.54, 1.807) is 8.61 Å². The van der Waals surface area contributed by atoms with Gasteiger partial charge in [-0.2, -0.15) is 17.0 Å². The summed E-state index contributed by atoms with van der Waals surface area (Å²) in [4.78, 5) is 6.57. The van der Waals surface area contributed by atoms with E-state index in [0.717, 1.165) is 5.82 Å². The van der Waals surface area contributed by atoms with Crippen LogP contribution in [0.1, 0.15) is 39.4 Å². The van der Waals surface area contributed by atoms with E-state index < -0.39 is 10.2 Å². The first kappa shape index (κ1) is 20.9. The van der Waals surface area contributed by atoms with Crippen LogP contribution in [-0.2, 0) is 21.6 Å². The summed E-state index contributed by atoms with van der Waals surface area (Å²) in [5, 5.41) is 3.24. The lowest BCUT2D eigenvalue weighted by Gasteiger charge is -2.40. The molecular weight excluding hydrogens is 388 g/mol. The minimum atomic E-state index is -3.45. The number of piperazine rings is 1. The molecule has 0 bridgehead atoms. The van der Waals surface area contributed by atoms with Crippen molar-refractivity contribution >= 4 is 22.4 Å². The van der Waals surface area contributed by atoms with Crippen LogP contribution in [0.4, 0.5) is 0 Å². The van der Waals surface area contributed by atoms with E-state index in [0.29, 0.717) is 50.7 Å². The Kier molecular flexibility index (Phi) is 6.38. The van der Waals surface area contributed by atoms with E-state index in [1.165, 1.54) is 0 Å². The van der Waals surface area contributed by atoms with Crippen molar-refractivity contribution in [2.24, 2.45) is 0 Å². The molecular formula is C16H30N6O3S2. The summed E-state index contributed by atoms with van der Waals surface area (Å²) < 4.78 is 37.1. The predicted octanol–water partition coefficient (Wildman–Crippen LogP) is 0.993. The van der Waals surface area contributed by atoms with Crippen molar-refractivity contribution in [2.45, 2.75) is 52.5 Å². The molecule has 2 atom stereocenters. The smallest absolute Gasteiger partial charge is 0.282 e. The van der Waals surface area contributed by atoms with E-state index in [4.69, 9.17) is 17.0 Å². The van der Waals surface area contributed by atoms with Gasteiger partial charge in [0.15, 0.2) is 0 Å². The van der Waals surface area contributed by atoms with E-state index in [9.17, 15) is 8.42 Å². The second kappa shape index (κ2) is 8.26. The molecule has 1 aromatic heterocycles. The van der Waals surface area contributed by atoms with Crippen LogP contribution in [0.3, 0.4) is 0 Å². The van der Waals surface area contributed by atoms with Crippen LogP contribution in [0.2, 0.25) is 0 Å². The lowest BCUT2D eigenvalue weighted by atomic mass is 10.2. The fourth-order valence-corrected chi connectivity index (χ4v) is 5.46. The van der Waals surface area contributed by atoms with Crippen LogP contribution in [0, 0.1) is 4.77 Å². The number of nitrogens with zero attached hydrogens (tertiary/aromatic N) is 5. The molecule has 27 heavy (non-hydrogen) atoms. The van der Waals surface area contributed by atoms with Gasteiger partial charge in [-0.05, 0) is 26.1 Å². The maximum Gasteiger partial charge on any atom is 0.282 e. The van der Waals surface area contributed by atoms with Gasteiger partial charge in [0, 0.05) is 45.2 Å². The minimum absolute atomic E-state index is 0.0813. The predicted molar refractivity (Wildman–Crippen MR) is 105 cm³/mol. The monoisotopic (exact) mass is 418 g/mol. The molecule has 2 aliphatic rings. The highest BCUT2D eigenvalue weighted by molar-refractivity contribution is 7.86. The van der Waals surface area contributed by atoms with Crippen molar-refractivity contribution in [1.82, 2.24) is 28.3 Å². The van der Waals surface area contributed by atoms with Crippen molar-refractivity contribution in [2.75, 3.05) is 39.3 Å². The molecule has 0 amide bonds. The molecule has 3 heterocycles. The highest BCUT2D eigenvalue weighted by atomic mass is 32.2. The first-order valence-corrected chi connectivity index (χ1v) is 11.3. The summed E-state index contributed by atoms with van der Waals surface area (Å²) in [6.45, 7) is 11.6. The highest BCUT2D eigenvalue weighted by Gasteiger charge is 2.36. The SMILES string of the molecule is CC(C)c1nc(=S)n(CN2CCN(S(=O)(=O)N3C[C@H](C)O[C@@H](C)C3)CC2)[nH]1. The van der Waals surface area contributed by atoms with Crippen LogP contribution in [0.15, 0.2) is 0 Å². The van der Waals surface area contributed by atoms with E-state index >= 15 is 0 Å². The average molecular weight is 419 g/mol. The van der Waals surface area contributed by atoms with Gasteiger partial charge in [-0.25, -0.2) is 9.67 Å².